The molecule has 0 radical (unpaired) electrons. The van der Waals surface area contributed by atoms with Crippen LogP contribution in [0.4, 0.5) is 0 Å². The number of nitrogens with two attached hydrogens (primary N) is 1. The molecule has 1 aliphatic heterocycles. The minimum absolute atomic E-state index is 0.102. The summed E-state index contributed by atoms with van der Waals surface area (Å²) < 4.78 is 20.4. The molecule has 2 rings (SSSR count). The molecule has 1 aromatic carbocycles. The van der Waals surface area contributed by atoms with Gasteiger partial charge in [-0.1, -0.05) is 11.6 Å². The second kappa shape index (κ2) is 7.02. The molecule has 134 valence electrons. The van der Waals surface area contributed by atoms with Crippen LogP contribution in [0.2, 0.25) is 5.02 Å². The lowest BCUT2D eigenvalue weighted by Crippen LogP contribution is -2.41. The van der Waals surface area contributed by atoms with Gasteiger partial charge in [0.25, 0.3) is 11.7 Å². The van der Waals surface area contributed by atoms with Crippen molar-refractivity contribution in [3.63, 3.8) is 0 Å². The fourth-order valence-corrected chi connectivity index (χ4v) is 2.33. The van der Waals surface area contributed by atoms with Crippen molar-refractivity contribution in [2.45, 2.75) is 19.6 Å². The first-order valence-corrected chi connectivity index (χ1v) is 7.48. The maximum atomic E-state index is 12.0. The van der Waals surface area contributed by atoms with Crippen LogP contribution in [0.15, 0.2) is 17.7 Å². The topological polar surface area (TPSA) is 114 Å². The zero-order valence-corrected chi connectivity index (χ0v) is 14.5. The molecule has 1 aromatic rings. The van der Waals surface area contributed by atoms with Crippen molar-refractivity contribution < 1.29 is 33.3 Å². The smallest absolute Gasteiger partial charge is 0.348 e. The summed E-state index contributed by atoms with van der Waals surface area (Å²) in [5.74, 6) is -3.33. The highest BCUT2D eigenvalue weighted by Crippen LogP contribution is 2.37. The van der Waals surface area contributed by atoms with Crippen LogP contribution in [0.3, 0.4) is 0 Å². The summed E-state index contributed by atoms with van der Waals surface area (Å²) in [7, 11) is 1.37. The molecule has 0 spiro atoms. The van der Waals surface area contributed by atoms with E-state index in [9.17, 15) is 14.4 Å². The Kier molecular flexibility index (Phi) is 5.22. The van der Waals surface area contributed by atoms with E-state index < -0.39 is 23.6 Å². The van der Waals surface area contributed by atoms with Gasteiger partial charge in [-0.15, -0.1) is 0 Å². The Labute approximate surface area is 148 Å². The molecule has 1 fully saturated rings. The van der Waals surface area contributed by atoms with Crippen LogP contribution in [0.1, 0.15) is 19.4 Å². The number of primary amides is 1. The number of carbonyl (C=O) groups excluding carboxylic acids is 3. The van der Waals surface area contributed by atoms with E-state index in [4.69, 9.17) is 36.3 Å². The summed E-state index contributed by atoms with van der Waals surface area (Å²) in [4.78, 5) is 34.8. The van der Waals surface area contributed by atoms with E-state index in [0.717, 1.165) is 0 Å². The van der Waals surface area contributed by atoms with Crippen LogP contribution in [0.5, 0.6) is 11.5 Å². The van der Waals surface area contributed by atoms with Crippen LogP contribution in [-0.4, -0.2) is 37.3 Å². The summed E-state index contributed by atoms with van der Waals surface area (Å²) in [6.07, 6.45) is 1.26. The molecule has 0 aromatic heterocycles. The Morgan fingerprint density at radius 3 is 2.40 bits per heavy atom. The average molecular weight is 370 g/mol. The number of carbonyl (C=O) groups is 3. The molecule has 0 aliphatic carbocycles. The number of cyclic esters (lactones) is 2. The Bertz CT molecular complexity index is 748. The van der Waals surface area contributed by atoms with E-state index in [1.165, 1.54) is 39.2 Å². The number of halogens is 1. The maximum absolute atomic E-state index is 12.0. The fraction of sp³-hybridized carbons (Fsp3) is 0.312. The van der Waals surface area contributed by atoms with Crippen molar-refractivity contribution in [1.29, 1.82) is 0 Å². The van der Waals surface area contributed by atoms with Crippen molar-refractivity contribution >= 4 is 35.5 Å². The van der Waals surface area contributed by atoms with Gasteiger partial charge in [0.2, 0.25) is 0 Å². The molecule has 0 bridgehead atoms. The van der Waals surface area contributed by atoms with Crippen molar-refractivity contribution in [2.24, 2.45) is 5.73 Å². The van der Waals surface area contributed by atoms with E-state index >= 15 is 0 Å². The maximum Gasteiger partial charge on any atom is 0.348 e. The first kappa shape index (κ1) is 18.6. The summed E-state index contributed by atoms with van der Waals surface area (Å²) in [5, 5.41) is 0.102. The van der Waals surface area contributed by atoms with Crippen molar-refractivity contribution in [3.8, 4) is 11.5 Å². The molecule has 8 nitrogen and oxygen atoms in total. The number of methoxy groups -OCH3 is 1. The lowest BCUT2D eigenvalue weighted by atomic mass is 10.1. The van der Waals surface area contributed by atoms with Crippen LogP contribution in [0.25, 0.3) is 6.08 Å². The first-order chi connectivity index (χ1) is 11.6. The average Bonchev–Trinajstić information content (AvgIpc) is 2.48. The van der Waals surface area contributed by atoms with Crippen LogP contribution in [-0.2, 0) is 23.9 Å². The molecule has 1 amide bonds. The lowest BCUT2D eigenvalue weighted by Gasteiger charge is -2.29. The fourth-order valence-electron chi connectivity index (χ4n) is 2.05. The zero-order valence-electron chi connectivity index (χ0n) is 13.8. The van der Waals surface area contributed by atoms with Gasteiger partial charge in [-0.05, 0) is 23.8 Å². The van der Waals surface area contributed by atoms with Crippen molar-refractivity contribution in [1.82, 2.24) is 0 Å². The summed E-state index contributed by atoms with van der Waals surface area (Å²) in [5.41, 5.74) is 5.11. The number of ether oxygens (including phenoxy) is 4. The van der Waals surface area contributed by atoms with E-state index in [1.54, 1.807) is 0 Å². The molecule has 25 heavy (non-hydrogen) atoms. The number of benzene rings is 1. The van der Waals surface area contributed by atoms with Gasteiger partial charge in [-0.2, -0.15) is 0 Å². The van der Waals surface area contributed by atoms with Gasteiger partial charge in [-0.3, -0.25) is 4.79 Å². The van der Waals surface area contributed by atoms with E-state index in [0.29, 0.717) is 5.56 Å². The van der Waals surface area contributed by atoms with Crippen LogP contribution >= 0.6 is 11.6 Å². The molecular weight excluding hydrogens is 354 g/mol. The molecule has 0 saturated carbocycles. The summed E-state index contributed by atoms with van der Waals surface area (Å²) in [6.45, 7) is 2.51. The highest BCUT2D eigenvalue weighted by atomic mass is 35.5. The van der Waals surface area contributed by atoms with E-state index in [2.05, 4.69) is 0 Å². The molecule has 2 N–H and O–H groups in total. The van der Waals surface area contributed by atoms with Crippen molar-refractivity contribution in [3.05, 3.63) is 28.3 Å². The third-order valence-corrected chi connectivity index (χ3v) is 3.32. The lowest BCUT2D eigenvalue weighted by molar-refractivity contribution is -0.222. The third-order valence-electron chi connectivity index (χ3n) is 3.04. The van der Waals surface area contributed by atoms with Gasteiger partial charge in [0.1, 0.15) is 5.57 Å². The SMILES string of the molecule is COc1cc(C=C2C(=O)OC(C)(C)OC2=O)cc(Cl)c1OCC(N)=O. The number of hydrogen-bond acceptors (Lipinski definition) is 7. The van der Waals surface area contributed by atoms with Gasteiger partial charge in [0.15, 0.2) is 18.1 Å². The van der Waals surface area contributed by atoms with E-state index in [1.807, 2.05) is 0 Å². The van der Waals surface area contributed by atoms with E-state index in [-0.39, 0.29) is 28.7 Å². The molecular formula is C16H16ClNO7. The number of hydrogen-bond donors (Lipinski definition) is 1. The normalized spacial score (nSPS) is 15.9. The monoisotopic (exact) mass is 369 g/mol. The quantitative estimate of drug-likeness (QED) is 0.474. The number of amides is 1. The van der Waals surface area contributed by atoms with Gasteiger partial charge >= 0.3 is 11.9 Å². The second-order valence-electron chi connectivity index (χ2n) is 5.53. The standard InChI is InChI=1S/C16H16ClNO7/c1-16(2)24-14(20)9(15(21)25-16)4-8-5-10(17)13(11(6-8)22-3)23-7-12(18)19/h4-6H,7H2,1-3H3,(H2,18,19). The summed E-state index contributed by atoms with van der Waals surface area (Å²) >= 11 is 6.11. The minimum Gasteiger partial charge on any atom is -0.493 e. The number of esters is 2. The van der Waals surface area contributed by atoms with Gasteiger partial charge in [0, 0.05) is 13.8 Å². The largest absolute Gasteiger partial charge is 0.493 e. The van der Waals surface area contributed by atoms with Crippen LogP contribution < -0.4 is 15.2 Å². The van der Waals surface area contributed by atoms with Gasteiger partial charge in [0.05, 0.1) is 12.1 Å². The second-order valence-corrected chi connectivity index (χ2v) is 5.93. The molecule has 9 heteroatoms. The van der Waals surface area contributed by atoms with Crippen molar-refractivity contribution in [2.75, 3.05) is 13.7 Å². The third kappa shape index (κ3) is 4.42. The highest BCUT2D eigenvalue weighted by molar-refractivity contribution is 6.32. The summed E-state index contributed by atoms with van der Waals surface area (Å²) in [6, 6.07) is 2.89. The number of rotatable bonds is 5. The van der Waals surface area contributed by atoms with Gasteiger partial charge in [-0.25, -0.2) is 9.59 Å². The molecule has 0 atom stereocenters. The first-order valence-electron chi connectivity index (χ1n) is 7.10. The molecule has 1 saturated heterocycles. The Morgan fingerprint density at radius 1 is 1.28 bits per heavy atom. The minimum atomic E-state index is -1.33. The molecule has 1 heterocycles. The molecule has 0 unspecified atom stereocenters. The zero-order chi connectivity index (χ0) is 18.8. The highest BCUT2D eigenvalue weighted by Gasteiger charge is 2.38. The predicted octanol–water partition coefficient (Wildman–Crippen LogP) is 1.43. The molecule has 1 aliphatic rings. The van der Waals surface area contributed by atoms with Gasteiger partial charge < -0.3 is 24.7 Å². The van der Waals surface area contributed by atoms with Crippen LogP contribution in [0, 0.1) is 0 Å². The predicted molar refractivity (Wildman–Crippen MR) is 86.9 cm³/mol. The Balaban J connectivity index is 2.37. The Morgan fingerprint density at radius 2 is 1.88 bits per heavy atom. The Hall–Kier alpha value is -2.74.